The fourth-order valence-corrected chi connectivity index (χ4v) is 1.59. The summed E-state index contributed by atoms with van der Waals surface area (Å²) in [6.07, 6.45) is 0. The van der Waals surface area contributed by atoms with Gasteiger partial charge in [0.05, 0.1) is 5.69 Å². The van der Waals surface area contributed by atoms with Gasteiger partial charge in [0.1, 0.15) is 0 Å². The molecule has 0 spiro atoms. The van der Waals surface area contributed by atoms with Crippen molar-refractivity contribution in [1.29, 1.82) is 0 Å². The lowest BCUT2D eigenvalue weighted by Gasteiger charge is -2.10. The van der Waals surface area contributed by atoms with Crippen LogP contribution in [-0.2, 0) is 4.79 Å². The molecule has 17 heavy (non-hydrogen) atoms. The summed E-state index contributed by atoms with van der Waals surface area (Å²) < 4.78 is 0.676. The molecule has 0 unspecified atom stereocenters. The molecule has 4 N–H and O–H groups in total. The van der Waals surface area contributed by atoms with E-state index in [-0.39, 0.29) is 17.7 Å². The molecule has 1 rings (SSSR count). The lowest BCUT2D eigenvalue weighted by atomic mass is 10.1. The second kappa shape index (κ2) is 5.67. The highest BCUT2D eigenvalue weighted by Gasteiger charge is 2.10. The van der Waals surface area contributed by atoms with Crippen LogP contribution in [0.5, 0.6) is 0 Å². The van der Waals surface area contributed by atoms with E-state index >= 15 is 0 Å². The van der Waals surface area contributed by atoms with Crippen LogP contribution >= 0.6 is 15.9 Å². The Morgan fingerprint density at radius 3 is 2.65 bits per heavy atom. The molecule has 0 aliphatic heterocycles. The van der Waals surface area contributed by atoms with Crippen LogP contribution in [0.4, 0.5) is 5.69 Å². The third-order valence-electron chi connectivity index (χ3n) is 2.15. The Hall–Kier alpha value is -1.56. The molecule has 92 valence electrons. The van der Waals surface area contributed by atoms with Gasteiger partial charge in [-0.15, -0.1) is 0 Å². The third kappa shape index (κ3) is 3.45. The van der Waals surface area contributed by atoms with Crippen LogP contribution in [0.2, 0.25) is 0 Å². The Balaban J connectivity index is 2.95. The quantitative estimate of drug-likeness (QED) is 0.346. The molecule has 5 nitrogen and oxygen atoms in total. The highest BCUT2D eigenvalue weighted by Crippen LogP contribution is 2.24. The monoisotopic (exact) mass is 299 g/mol. The maximum absolute atomic E-state index is 11.5. The highest BCUT2D eigenvalue weighted by molar-refractivity contribution is 9.10. The van der Waals surface area contributed by atoms with E-state index in [1.54, 1.807) is 18.2 Å². The van der Waals surface area contributed by atoms with E-state index < -0.39 is 0 Å². The normalized spacial score (nSPS) is 11.6. The summed E-state index contributed by atoms with van der Waals surface area (Å²) >= 11 is 3.32. The van der Waals surface area contributed by atoms with Crippen LogP contribution in [-0.4, -0.2) is 17.0 Å². The average molecular weight is 300 g/mol. The van der Waals surface area contributed by atoms with Gasteiger partial charge in [-0.2, -0.15) is 0 Å². The molecule has 0 radical (unpaired) electrons. The Morgan fingerprint density at radius 2 is 2.18 bits per heavy atom. The smallest absolute Gasteiger partial charge is 0.226 e. The second-order valence-corrected chi connectivity index (χ2v) is 4.68. The minimum Gasteiger partial charge on any atom is -0.409 e. The molecule has 0 atom stereocenters. The average Bonchev–Trinajstić information content (AvgIpc) is 2.30. The number of rotatable bonds is 3. The van der Waals surface area contributed by atoms with Crippen LogP contribution < -0.4 is 11.1 Å². The molecule has 1 aromatic rings. The highest BCUT2D eigenvalue weighted by atomic mass is 79.9. The number of carbonyl (C=O) groups excluding carboxylic acids is 1. The number of amides is 1. The molecular formula is C11H14BrN3O2. The van der Waals surface area contributed by atoms with Crippen molar-refractivity contribution in [2.24, 2.45) is 16.8 Å². The van der Waals surface area contributed by atoms with Gasteiger partial charge < -0.3 is 16.3 Å². The molecular weight excluding hydrogens is 286 g/mol. The summed E-state index contributed by atoms with van der Waals surface area (Å²) in [6, 6.07) is 5.03. The van der Waals surface area contributed by atoms with E-state index in [0.29, 0.717) is 15.7 Å². The SMILES string of the molecule is CC(C)C(=O)Nc1ccc(/C(N)=N/O)cc1Br. The van der Waals surface area contributed by atoms with E-state index in [4.69, 9.17) is 10.9 Å². The van der Waals surface area contributed by atoms with E-state index in [9.17, 15) is 4.79 Å². The van der Waals surface area contributed by atoms with E-state index in [1.807, 2.05) is 13.8 Å². The van der Waals surface area contributed by atoms with Crippen LogP contribution in [0, 0.1) is 5.92 Å². The number of amidine groups is 1. The third-order valence-corrected chi connectivity index (χ3v) is 2.81. The molecule has 0 bridgehead atoms. The van der Waals surface area contributed by atoms with Crippen molar-refractivity contribution in [2.75, 3.05) is 5.32 Å². The van der Waals surface area contributed by atoms with Crippen LogP contribution in [0.3, 0.4) is 0 Å². The number of nitrogens with zero attached hydrogens (tertiary/aromatic N) is 1. The topological polar surface area (TPSA) is 87.7 Å². The molecule has 0 saturated carbocycles. The first-order chi connectivity index (χ1) is 7.95. The van der Waals surface area contributed by atoms with Crippen molar-refractivity contribution >= 4 is 33.4 Å². The molecule has 0 heterocycles. The van der Waals surface area contributed by atoms with E-state index in [2.05, 4.69) is 26.4 Å². The Bertz CT molecular complexity index is 458. The fraction of sp³-hybridized carbons (Fsp3) is 0.273. The summed E-state index contributed by atoms with van der Waals surface area (Å²) in [5, 5.41) is 14.2. The predicted octanol–water partition coefficient (Wildman–Crippen LogP) is 2.14. The van der Waals surface area contributed by atoms with Gasteiger partial charge in [-0.05, 0) is 34.1 Å². The van der Waals surface area contributed by atoms with Gasteiger partial charge in [-0.1, -0.05) is 19.0 Å². The summed E-state index contributed by atoms with van der Waals surface area (Å²) in [6.45, 7) is 3.63. The molecule has 1 aromatic carbocycles. The molecule has 0 saturated heterocycles. The number of hydrogen-bond acceptors (Lipinski definition) is 3. The van der Waals surface area contributed by atoms with Gasteiger partial charge in [0.15, 0.2) is 5.84 Å². The number of nitrogens with one attached hydrogen (secondary N) is 1. The lowest BCUT2D eigenvalue weighted by Crippen LogP contribution is -2.18. The first kappa shape index (κ1) is 13.5. The second-order valence-electron chi connectivity index (χ2n) is 3.82. The van der Waals surface area contributed by atoms with Gasteiger partial charge in [-0.25, -0.2) is 0 Å². The molecule has 0 aromatic heterocycles. The van der Waals surface area contributed by atoms with Crippen molar-refractivity contribution < 1.29 is 10.0 Å². The summed E-state index contributed by atoms with van der Waals surface area (Å²) in [4.78, 5) is 11.5. The van der Waals surface area contributed by atoms with Crippen LogP contribution in [0.1, 0.15) is 19.4 Å². The zero-order valence-electron chi connectivity index (χ0n) is 9.57. The Labute approximate surface area is 108 Å². The number of oxime groups is 1. The van der Waals surface area contributed by atoms with Crippen molar-refractivity contribution in [2.45, 2.75) is 13.8 Å². The van der Waals surface area contributed by atoms with Crippen molar-refractivity contribution in [3.8, 4) is 0 Å². The zero-order valence-corrected chi connectivity index (χ0v) is 11.2. The Morgan fingerprint density at radius 1 is 1.53 bits per heavy atom. The number of nitrogens with two attached hydrogens (primary N) is 1. The zero-order chi connectivity index (χ0) is 13.0. The van der Waals surface area contributed by atoms with Gasteiger partial charge in [0.25, 0.3) is 0 Å². The molecule has 1 amide bonds. The Kier molecular flexibility index (Phi) is 4.51. The maximum Gasteiger partial charge on any atom is 0.226 e. The number of carbonyl (C=O) groups is 1. The van der Waals surface area contributed by atoms with Gasteiger partial charge in [0.2, 0.25) is 5.91 Å². The predicted molar refractivity (Wildman–Crippen MR) is 70.1 cm³/mol. The van der Waals surface area contributed by atoms with Crippen molar-refractivity contribution in [3.63, 3.8) is 0 Å². The van der Waals surface area contributed by atoms with Gasteiger partial charge in [-0.3, -0.25) is 4.79 Å². The molecule has 0 aliphatic carbocycles. The maximum atomic E-state index is 11.5. The summed E-state index contributed by atoms with van der Waals surface area (Å²) in [7, 11) is 0. The molecule has 6 heteroatoms. The fourth-order valence-electron chi connectivity index (χ4n) is 1.11. The number of benzene rings is 1. The minimum atomic E-state index is -0.0920. The van der Waals surface area contributed by atoms with E-state index in [0.717, 1.165) is 0 Å². The van der Waals surface area contributed by atoms with Crippen molar-refractivity contribution in [1.82, 2.24) is 0 Å². The van der Waals surface area contributed by atoms with Crippen LogP contribution in [0.15, 0.2) is 27.8 Å². The summed E-state index contributed by atoms with van der Waals surface area (Å²) in [5.74, 6) is -0.139. The number of hydrogen-bond donors (Lipinski definition) is 3. The van der Waals surface area contributed by atoms with Gasteiger partial charge >= 0.3 is 0 Å². The first-order valence-corrected chi connectivity index (χ1v) is 5.83. The molecule has 0 fully saturated rings. The largest absolute Gasteiger partial charge is 0.409 e. The van der Waals surface area contributed by atoms with Crippen molar-refractivity contribution in [3.05, 3.63) is 28.2 Å². The number of halogens is 1. The standard InChI is InChI=1S/C11H14BrN3O2/c1-6(2)11(16)14-9-4-3-7(5-8(9)12)10(13)15-17/h3-6,17H,1-2H3,(H2,13,15)(H,14,16). The molecule has 0 aliphatic rings. The first-order valence-electron chi connectivity index (χ1n) is 5.04. The summed E-state index contributed by atoms with van der Waals surface area (Å²) in [5.41, 5.74) is 6.68. The number of anilines is 1. The minimum absolute atomic E-state index is 0.0208. The lowest BCUT2D eigenvalue weighted by molar-refractivity contribution is -0.118. The van der Waals surface area contributed by atoms with Crippen LogP contribution in [0.25, 0.3) is 0 Å². The van der Waals surface area contributed by atoms with E-state index in [1.165, 1.54) is 0 Å². The van der Waals surface area contributed by atoms with Gasteiger partial charge in [0, 0.05) is 16.0 Å².